The minimum absolute atomic E-state index is 0.183. The third-order valence-corrected chi connectivity index (χ3v) is 7.30. The maximum Gasteiger partial charge on any atom is 0.191 e. The second-order valence-corrected chi connectivity index (χ2v) is 10.8. The van der Waals surface area contributed by atoms with E-state index in [0.717, 1.165) is 38.8 Å². The van der Waals surface area contributed by atoms with E-state index >= 15 is 0 Å². The van der Waals surface area contributed by atoms with Crippen molar-refractivity contribution in [3.63, 3.8) is 0 Å². The first-order chi connectivity index (χ1) is 12.9. The number of rotatable bonds is 8. The molecule has 0 aromatic carbocycles. The average molecular weight is 415 g/mol. The zero-order valence-corrected chi connectivity index (χ0v) is 18.6. The van der Waals surface area contributed by atoms with Gasteiger partial charge in [0.25, 0.3) is 0 Å². The predicted molar refractivity (Wildman–Crippen MR) is 116 cm³/mol. The van der Waals surface area contributed by atoms with Crippen LogP contribution in [-0.4, -0.2) is 71.5 Å². The fourth-order valence-electron chi connectivity index (χ4n) is 2.84. The number of guanidine groups is 1. The summed E-state index contributed by atoms with van der Waals surface area (Å²) in [5, 5.41) is 8.75. The Morgan fingerprint density at radius 2 is 2.11 bits per heavy atom. The van der Waals surface area contributed by atoms with Gasteiger partial charge in [0.2, 0.25) is 0 Å². The summed E-state index contributed by atoms with van der Waals surface area (Å²) >= 11 is 1.78. The van der Waals surface area contributed by atoms with Crippen LogP contribution in [0, 0.1) is 0 Å². The number of hydrogen-bond donors (Lipinski definition) is 2. The molecule has 6 nitrogen and oxygen atoms in total. The van der Waals surface area contributed by atoms with Crippen LogP contribution in [0.1, 0.15) is 38.6 Å². The molecule has 1 aliphatic heterocycles. The highest BCUT2D eigenvalue weighted by Gasteiger charge is 2.23. The summed E-state index contributed by atoms with van der Waals surface area (Å²) in [5.41, 5.74) is 0. The zero-order chi connectivity index (χ0) is 19.7. The minimum Gasteiger partial charge on any atom is -0.379 e. The third-order valence-electron chi connectivity index (χ3n) is 4.39. The van der Waals surface area contributed by atoms with Crippen LogP contribution < -0.4 is 10.6 Å². The molecule has 1 saturated heterocycles. The Labute approximate surface area is 170 Å². The molecule has 0 aliphatic carbocycles. The molecule has 1 fully saturated rings. The van der Waals surface area contributed by atoms with Crippen molar-refractivity contribution >= 4 is 28.1 Å². The van der Waals surface area contributed by atoms with E-state index in [1.165, 1.54) is 4.88 Å². The number of nitrogens with one attached hydrogen (secondary N) is 2. The molecule has 2 atom stereocenters. The van der Waals surface area contributed by atoms with Crippen LogP contribution in [0.5, 0.6) is 0 Å². The fraction of sp³-hybridized carbons (Fsp3) is 0.737. The normalized spacial score (nSPS) is 18.9. The Morgan fingerprint density at radius 1 is 1.37 bits per heavy atom. The lowest BCUT2D eigenvalue weighted by molar-refractivity contribution is 0.0186. The van der Waals surface area contributed by atoms with E-state index in [2.05, 4.69) is 40.0 Å². The molecule has 0 radical (unpaired) electrons. The van der Waals surface area contributed by atoms with E-state index in [-0.39, 0.29) is 10.8 Å². The van der Waals surface area contributed by atoms with E-state index in [1.807, 2.05) is 20.8 Å². The first-order valence-electron chi connectivity index (χ1n) is 9.67. The molecule has 1 aromatic heterocycles. The van der Waals surface area contributed by atoms with Gasteiger partial charge in [-0.1, -0.05) is 6.07 Å². The van der Waals surface area contributed by atoms with Crippen LogP contribution in [0.3, 0.4) is 0 Å². The van der Waals surface area contributed by atoms with Crippen molar-refractivity contribution < 1.29 is 8.95 Å². The molecule has 2 unspecified atom stereocenters. The number of morpholine rings is 1. The van der Waals surface area contributed by atoms with Gasteiger partial charge in [-0.05, 0) is 39.1 Å². The first kappa shape index (κ1) is 22.3. The van der Waals surface area contributed by atoms with E-state index in [9.17, 15) is 4.21 Å². The van der Waals surface area contributed by atoms with Crippen LogP contribution in [0.25, 0.3) is 0 Å². The summed E-state index contributed by atoms with van der Waals surface area (Å²) < 4.78 is 17.5. The summed E-state index contributed by atoms with van der Waals surface area (Å²) in [6, 6.07) is 4.56. The third kappa shape index (κ3) is 7.52. The number of hydrogen-bond acceptors (Lipinski definition) is 5. The SMILES string of the molecule is CCNC(=NCC(c1cccs1)N1CCOCC1)NCCS(=O)C(C)(C)C. The predicted octanol–water partition coefficient (Wildman–Crippen LogP) is 2.22. The maximum absolute atomic E-state index is 12.2. The van der Waals surface area contributed by atoms with Gasteiger partial charge in [0.05, 0.1) is 25.8 Å². The zero-order valence-electron chi connectivity index (χ0n) is 17.0. The van der Waals surface area contributed by atoms with E-state index < -0.39 is 10.8 Å². The van der Waals surface area contributed by atoms with E-state index in [0.29, 0.717) is 18.8 Å². The van der Waals surface area contributed by atoms with Crippen molar-refractivity contribution in [3.8, 4) is 0 Å². The van der Waals surface area contributed by atoms with Gasteiger partial charge < -0.3 is 15.4 Å². The largest absolute Gasteiger partial charge is 0.379 e. The summed E-state index contributed by atoms with van der Waals surface area (Å²) in [6.07, 6.45) is 0. The molecular formula is C19H34N4O2S2. The number of nitrogens with zero attached hydrogens (tertiary/aromatic N) is 2. The summed E-state index contributed by atoms with van der Waals surface area (Å²) in [7, 11) is -0.864. The molecule has 2 heterocycles. The smallest absolute Gasteiger partial charge is 0.191 e. The van der Waals surface area contributed by atoms with Crippen molar-refractivity contribution in [2.45, 2.75) is 38.5 Å². The van der Waals surface area contributed by atoms with Crippen LogP contribution in [-0.2, 0) is 15.5 Å². The number of aliphatic imine (C=N–C) groups is 1. The highest BCUT2D eigenvalue weighted by atomic mass is 32.2. The van der Waals surface area contributed by atoms with Crippen LogP contribution in [0.2, 0.25) is 0 Å². The van der Waals surface area contributed by atoms with Crippen molar-refractivity contribution in [2.24, 2.45) is 4.99 Å². The van der Waals surface area contributed by atoms with Gasteiger partial charge >= 0.3 is 0 Å². The highest BCUT2D eigenvalue weighted by Crippen LogP contribution is 2.26. The Morgan fingerprint density at radius 3 is 2.70 bits per heavy atom. The second-order valence-electron chi connectivity index (χ2n) is 7.49. The van der Waals surface area contributed by atoms with Crippen LogP contribution in [0.15, 0.2) is 22.5 Å². The van der Waals surface area contributed by atoms with Crippen molar-refractivity contribution in [2.75, 3.05) is 51.7 Å². The van der Waals surface area contributed by atoms with Gasteiger partial charge in [-0.2, -0.15) is 0 Å². The molecular weight excluding hydrogens is 380 g/mol. The molecule has 0 bridgehead atoms. The lowest BCUT2D eigenvalue weighted by Crippen LogP contribution is -2.42. The molecule has 1 aliphatic rings. The lowest BCUT2D eigenvalue weighted by Gasteiger charge is -2.33. The fourth-order valence-corrected chi connectivity index (χ4v) is 4.60. The molecule has 2 rings (SSSR count). The van der Waals surface area contributed by atoms with Crippen molar-refractivity contribution in [1.82, 2.24) is 15.5 Å². The van der Waals surface area contributed by atoms with Gasteiger partial charge in [-0.15, -0.1) is 11.3 Å². The summed E-state index contributed by atoms with van der Waals surface area (Å²) in [5.74, 6) is 1.41. The van der Waals surface area contributed by atoms with Gasteiger partial charge in [-0.25, -0.2) is 0 Å². The summed E-state index contributed by atoms with van der Waals surface area (Å²) in [6.45, 7) is 13.7. The van der Waals surface area contributed by atoms with Crippen LogP contribution >= 0.6 is 11.3 Å². The minimum atomic E-state index is -0.864. The molecule has 0 spiro atoms. The standard InChI is InChI=1S/C19H34N4O2S2/c1-5-20-18(21-8-14-27(24)19(2,3)4)22-15-16(17-7-6-13-26-17)23-9-11-25-12-10-23/h6-7,13,16H,5,8-12,14-15H2,1-4H3,(H2,20,21,22). The Kier molecular flexibility index (Phi) is 9.21. The maximum atomic E-state index is 12.2. The molecule has 2 N–H and O–H groups in total. The van der Waals surface area contributed by atoms with Gasteiger partial charge in [0.15, 0.2) is 5.96 Å². The second kappa shape index (κ2) is 11.1. The summed E-state index contributed by atoms with van der Waals surface area (Å²) in [4.78, 5) is 8.62. The van der Waals surface area contributed by atoms with E-state index in [4.69, 9.17) is 9.73 Å². The van der Waals surface area contributed by atoms with Crippen molar-refractivity contribution in [1.29, 1.82) is 0 Å². The molecule has 154 valence electrons. The Balaban J connectivity index is 1.98. The van der Waals surface area contributed by atoms with Gasteiger partial charge in [-0.3, -0.25) is 14.1 Å². The lowest BCUT2D eigenvalue weighted by atomic mass is 10.2. The molecule has 1 aromatic rings. The highest BCUT2D eigenvalue weighted by molar-refractivity contribution is 7.86. The van der Waals surface area contributed by atoms with Gasteiger partial charge in [0, 0.05) is 52.4 Å². The number of thiophene rings is 1. The van der Waals surface area contributed by atoms with Crippen LogP contribution in [0.4, 0.5) is 0 Å². The molecule has 27 heavy (non-hydrogen) atoms. The molecule has 0 saturated carbocycles. The molecule has 8 heteroatoms. The number of ether oxygens (including phenoxy) is 1. The first-order valence-corrected chi connectivity index (χ1v) is 11.9. The Hall–Kier alpha value is -0.960. The average Bonchev–Trinajstić information content (AvgIpc) is 3.16. The topological polar surface area (TPSA) is 66.0 Å². The molecule has 0 amide bonds. The monoisotopic (exact) mass is 414 g/mol. The van der Waals surface area contributed by atoms with Crippen molar-refractivity contribution in [3.05, 3.63) is 22.4 Å². The van der Waals surface area contributed by atoms with E-state index in [1.54, 1.807) is 11.3 Å². The quantitative estimate of drug-likeness (QED) is 0.504. The van der Waals surface area contributed by atoms with Gasteiger partial charge in [0.1, 0.15) is 0 Å². The Bertz CT molecular complexity index is 593.